The molecule has 4 nitrogen and oxygen atoms in total. The molecular formula is C21H16FN3OS. The summed E-state index contributed by atoms with van der Waals surface area (Å²) in [4.78, 5) is 23.7. The second kappa shape index (κ2) is 7.63. The quantitative estimate of drug-likeness (QED) is 0.510. The molecule has 6 heteroatoms. The van der Waals surface area contributed by atoms with Crippen molar-refractivity contribution in [3.63, 3.8) is 0 Å². The molecule has 0 atom stereocenters. The molecular weight excluding hydrogens is 361 g/mol. The number of amides is 1. The van der Waals surface area contributed by atoms with Crippen molar-refractivity contribution in [3.05, 3.63) is 90.0 Å². The Morgan fingerprint density at radius 3 is 2.52 bits per heavy atom. The van der Waals surface area contributed by atoms with Gasteiger partial charge in [-0.25, -0.2) is 9.37 Å². The summed E-state index contributed by atoms with van der Waals surface area (Å²) in [5.41, 5.74) is 2.40. The number of anilines is 1. The molecule has 0 aliphatic carbocycles. The van der Waals surface area contributed by atoms with E-state index in [1.165, 1.54) is 23.5 Å². The third-order valence-electron chi connectivity index (χ3n) is 4.13. The van der Waals surface area contributed by atoms with Crippen molar-refractivity contribution in [1.82, 2.24) is 9.97 Å². The zero-order chi connectivity index (χ0) is 18.6. The molecule has 4 rings (SSSR count). The molecule has 2 heterocycles. The Kier molecular flexibility index (Phi) is 4.89. The van der Waals surface area contributed by atoms with Gasteiger partial charge in [0.15, 0.2) is 5.13 Å². The van der Waals surface area contributed by atoms with Gasteiger partial charge in [-0.05, 0) is 42.0 Å². The minimum Gasteiger partial charge on any atom is -0.282 e. The van der Waals surface area contributed by atoms with E-state index >= 15 is 0 Å². The molecule has 0 bridgehead atoms. The van der Waals surface area contributed by atoms with Crippen LogP contribution in [0.2, 0.25) is 0 Å². The van der Waals surface area contributed by atoms with E-state index in [1.807, 2.05) is 42.5 Å². The van der Waals surface area contributed by atoms with Crippen LogP contribution in [0.25, 0.3) is 10.2 Å². The van der Waals surface area contributed by atoms with Crippen LogP contribution in [-0.2, 0) is 17.8 Å². The first-order valence-electron chi connectivity index (χ1n) is 8.49. The predicted molar refractivity (Wildman–Crippen MR) is 105 cm³/mol. The summed E-state index contributed by atoms with van der Waals surface area (Å²) in [6.45, 7) is 0.334. The van der Waals surface area contributed by atoms with Crippen LogP contribution < -0.4 is 4.90 Å². The number of thiazole rings is 1. The maximum atomic E-state index is 13.1. The highest BCUT2D eigenvalue weighted by molar-refractivity contribution is 7.22. The van der Waals surface area contributed by atoms with Gasteiger partial charge in [0, 0.05) is 6.20 Å². The van der Waals surface area contributed by atoms with Gasteiger partial charge in [-0.3, -0.25) is 14.7 Å². The summed E-state index contributed by atoms with van der Waals surface area (Å²) in [5.74, 6) is -0.422. The van der Waals surface area contributed by atoms with E-state index in [0.717, 1.165) is 21.5 Å². The smallest absolute Gasteiger partial charge is 0.233 e. The normalized spacial score (nSPS) is 10.9. The lowest BCUT2D eigenvalue weighted by Crippen LogP contribution is -2.32. The van der Waals surface area contributed by atoms with Crippen LogP contribution in [0.1, 0.15) is 11.3 Å². The summed E-state index contributed by atoms with van der Waals surface area (Å²) >= 11 is 1.47. The van der Waals surface area contributed by atoms with Crippen LogP contribution in [0.5, 0.6) is 0 Å². The van der Waals surface area contributed by atoms with Crippen molar-refractivity contribution in [2.24, 2.45) is 0 Å². The topological polar surface area (TPSA) is 46.1 Å². The molecule has 0 N–H and O–H groups in total. The third-order valence-corrected chi connectivity index (χ3v) is 5.19. The number of hydrogen-bond donors (Lipinski definition) is 0. The number of carbonyl (C=O) groups is 1. The van der Waals surface area contributed by atoms with Gasteiger partial charge in [0.2, 0.25) is 5.91 Å². The SMILES string of the molecule is O=C(Cc1ccc(F)cc1)N(Cc1ccccn1)c1nc2ccccc2s1. The number of halogens is 1. The Morgan fingerprint density at radius 2 is 1.78 bits per heavy atom. The molecule has 0 radical (unpaired) electrons. The molecule has 1 amide bonds. The summed E-state index contributed by atoms with van der Waals surface area (Å²) in [7, 11) is 0. The second-order valence-corrected chi connectivity index (χ2v) is 7.08. The largest absolute Gasteiger partial charge is 0.282 e. The van der Waals surface area contributed by atoms with Gasteiger partial charge < -0.3 is 0 Å². The first-order valence-corrected chi connectivity index (χ1v) is 9.31. The van der Waals surface area contributed by atoms with Gasteiger partial charge >= 0.3 is 0 Å². The maximum Gasteiger partial charge on any atom is 0.233 e. The lowest BCUT2D eigenvalue weighted by Gasteiger charge is -2.19. The van der Waals surface area contributed by atoms with Crippen LogP contribution in [-0.4, -0.2) is 15.9 Å². The van der Waals surface area contributed by atoms with Gasteiger partial charge in [0.05, 0.1) is 28.9 Å². The van der Waals surface area contributed by atoms with Gasteiger partial charge in [0.1, 0.15) is 5.82 Å². The Labute approximate surface area is 159 Å². The number of para-hydroxylation sites is 1. The highest BCUT2D eigenvalue weighted by Crippen LogP contribution is 2.30. The van der Waals surface area contributed by atoms with Crippen molar-refractivity contribution in [2.45, 2.75) is 13.0 Å². The number of pyridine rings is 1. The zero-order valence-corrected chi connectivity index (χ0v) is 15.2. The molecule has 0 saturated carbocycles. The molecule has 0 fully saturated rings. The lowest BCUT2D eigenvalue weighted by atomic mass is 10.1. The maximum absolute atomic E-state index is 13.1. The van der Waals surface area contributed by atoms with Gasteiger partial charge in [-0.1, -0.05) is 41.7 Å². The molecule has 2 aromatic carbocycles. The van der Waals surface area contributed by atoms with Crippen molar-refractivity contribution >= 4 is 32.6 Å². The van der Waals surface area contributed by atoms with Crippen LogP contribution in [0, 0.1) is 5.82 Å². The number of benzene rings is 2. The summed E-state index contributed by atoms with van der Waals surface area (Å²) in [6, 6.07) is 19.4. The van der Waals surface area contributed by atoms with Gasteiger partial charge in [0.25, 0.3) is 0 Å². The van der Waals surface area contributed by atoms with Crippen LogP contribution >= 0.6 is 11.3 Å². The first kappa shape index (κ1) is 17.3. The monoisotopic (exact) mass is 377 g/mol. The van der Waals surface area contributed by atoms with Gasteiger partial charge in [-0.15, -0.1) is 0 Å². The molecule has 0 saturated heterocycles. The highest BCUT2D eigenvalue weighted by atomic mass is 32.1. The number of carbonyl (C=O) groups excluding carboxylic acids is 1. The van der Waals surface area contributed by atoms with E-state index in [-0.39, 0.29) is 18.1 Å². The second-order valence-electron chi connectivity index (χ2n) is 6.07. The van der Waals surface area contributed by atoms with Crippen molar-refractivity contribution in [3.8, 4) is 0 Å². The fraction of sp³-hybridized carbons (Fsp3) is 0.0952. The number of fused-ring (bicyclic) bond motifs is 1. The number of rotatable bonds is 5. The highest BCUT2D eigenvalue weighted by Gasteiger charge is 2.21. The van der Waals surface area contributed by atoms with Crippen molar-refractivity contribution < 1.29 is 9.18 Å². The summed E-state index contributed by atoms with van der Waals surface area (Å²) < 4.78 is 14.2. The standard InChI is InChI=1S/C21H16FN3OS/c22-16-10-8-15(9-11-16)13-20(26)25(14-17-5-3-4-12-23-17)21-24-18-6-1-2-7-19(18)27-21/h1-12H,13-14H2. The van der Waals surface area contributed by atoms with E-state index in [2.05, 4.69) is 9.97 Å². The Hall–Kier alpha value is -3.12. The van der Waals surface area contributed by atoms with Crippen molar-refractivity contribution in [2.75, 3.05) is 4.90 Å². The molecule has 4 aromatic rings. The summed E-state index contributed by atoms with van der Waals surface area (Å²) in [6.07, 6.45) is 1.87. The third kappa shape index (κ3) is 4.01. The number of hydrogen-bond acceptors (Lipinski definition) is 4. The molecule has 0 spiro atoms. The van der Waals surface area contributed by atoms with Gasteiger partial charge in [-0.2, -0.15) is 0 Å². The van der Waals surface area contributed by atoms with E-state index < -0.39 is 0 Å². The molecule has 27 heavy (non-hydrogen) atoms. The fourth-order valence-corrected chi connectivity index (χ4v) is 3.75. The molecule has 0 aliphatic rings. The minimum atomic E-state index is -0.317. The van der Waals surface area contributed by atoms with Crippen molar-refractivity contribution in [1.29, 1.82) is 0 Å². The van der Waals surface area contributed by atoms with E-state index in [9.17, 15) is 9.18 Å². The Morgan fingerprint density at radius 1 is 1.00 bits per heavy atom. The molecule has 0 aliphatic heterocycles. The van der Waals surface area contributed by atoms with E-state index in [1.54, 1.807) is 23.2 Å². The molecule has 2 aromatic heterocycles. The Bertz CT molecular complexity index is 1030. The van der Waals surface area contributed by atoms with Crippen LogP contribution in [0.3, 0.4) is 0 Å². The Balaban J connectivity index is 1.66. The minimum absolute atomic E-state index is 0.105. The fourth-order valence-electron chi connectivity index (χ4n) is 2.76. The predicted octanol–water partition coefficient (Wildman–Crippen LogP) is 4.61. The average molecular weight is 377 g/mol. The number of nitrogens with zero attached hydrogens (tertiary/aromatic N) is 3. The van der Waals surface area contributed by atoms with Crippen LogP contribution in [0.4, 0.5) is 9.52 Å². The first-order chi connectivity index (χ1) is 13.2. The number of aromatic nitrogens is 2. The molecule has 0 unspecified atom stereocenters. The zero-order valence-electron chi connectivity index (χ0n) is 14.4. The van der Waals surface area contributed by atoms with E-state index in [4.69, 9.17) is 0 Å². The lowest BCUT2D eigenvalue weighted by molar-refractivity contribution is -0.118. The average Bonchev–Trinajstić information content (AvgIpc) is 3.12. The summed E-state index contributed by atoms with van der Waals surface area (Å²) in [5, 5.41) is 0.633. The molecule has 134 valence electrons. The van der Waals surface area contributed by atoms with E-state index in [0.29, 0.717) is 11.7 Å². The van der Waals surface area contributed by atoms with Crippen LogP contribution in [0.15, 0.2) is 72.9 Å².